The largest absolute Gasteiger partial charge is 0.376 e. The summed E-state index contributed by atoms with van der Waals surface area (Å²) < 4.78 is 1.70. The molecule has 1 aliphatic rings. The minimum atomic E-state index is 0.0629. The number of anilines is 2. The number of benzene rings is 2. The zero-order chi connectivity index (χ0) is 20.4. The Bertz CT molecular complexity index is 1030. The van der Waals surface area contributed by atoms with Gasteiger partial charge in [0.25, 0.3) is 0 Å². The summed E-state index contributed by atoms with van der Waals surface area (Å²) in [6.45, 7) is 7.04. The molecule has 0 spiro atoms. The van der Waals surface area contributed by atoms with Crippen molar-refractivity contribution < 1.29 is 4.79 Å². The lowest BCUT2D eigenvalue weighted by molar-refractivity contribution is -0.117. The molecule has 1 amide bonds. The molecule has 2 aromatic carbocycles. The number of para-hydroxylation sites is 1. The highest BCUT2D eigenvalue weighted by Crippen LogP contribution is 2.37. The van der Waals surface area contributed by atoms with Crippen molar-refractivity contribution in [1.29, 1.82) is 0 Å². The van der Waals surface area contributed by atoms with Crippen LogP contribution in [0.4, 0.5) is 11.4 Å². The van der Waals surface area contributed by atoms with Gasteiger partial charge in [0.15, 0.2) is 5.82 Å². The molecule has 0 fully saturated rings. The van der Waals surface area contributed by atoms with Crippen molar-refractivity contribution in [3.63, 3.8) is 0 Å². The standard InChI is InChI=1S/C21H24N6OS/c1-14-8-9-17(12-19(14)27-16(3)23-24-25-27)22-13-21(28)26-11-10-15(2)29-20-7-5-4-6-18(20)26/h4-9,12,15,22H,10-11,13H2,1-3H3. The molecule has 0 bridgehead atoms. The maximum Gasteiger partial charge on any atom is 0.246 e. The summed E-state index contributed by atoms with van der Waals surface area (Å²) in [5.74, 6) is 0.780. The Balaban J connectivity index is 1.51. The lowest BCUT2D eigenvalue weighted by Crippen LogP contribution is -2.36. The molecule has 4 rings (SSSR count). The Morgan fingerprint density at radius 1 is 1.21 bits per heavy atom. The number of hydrogen-bond acceptors (Lipinski definition) is 6. The molecule has 29 heavy (non-hydrogen) atoms. The van der Waals surface area contributed by atoms with Gasteiger partial charge in [-0.05, 0) is 60.5 Å². The van der Waals surface area contributed by atoms with Crippen molar-refractivity contribution in [3.05, 3.63) is 53.9 Å². The first-order valence-corrected chi connectivity index (χ1v) is 10.6. The summed E-state index contributed by atoms with van der Waals surface area (Å²) in [6.07, 6.45) is 0.971. The van der Waals surface area contributed by atoms with E-state index in [1.165, 1.54) is 0 Å². The van der Waals surface area contributed by atoms with E-state index >= 15 is 0 Å². The van der Waals surface area contributed by atoms with Gasteiger partial charge in [-0.2, -0.15) is 4.68 Å². The van der Waals surface area contributed by atoms with Gasteiger partial charge in [-0.1, -0.05) is 25.1 Å². The smallest absolute Gasteiger partial charge is 0.246 e. The van der Waals surface area contributed by atoms with Crippen LogP contribution >= 0.6 is 11.8 Å². The number of amides is 1. The lowest BCUT2D eigenvalue weighted by Gasteiger charge is -2.23. The van der Waals surface area contributed by atoms with Crippen molar-refractivity contribution >= 4 is 29.0 Å². The first kappa shape index (κ1) is 19.4. The van der Waals surface area contributed by atoms with Crippen molar-refractivity contribution in [2.24, 2.45) is 0 Å². The third-order valence-corrected chi connectivity index (χ3v) is 6.29. The fourth-order valence-electron chi connectivity index (χ4n) is 3.42. The summed E-state index contributed by atoms with van der Waals surface area (Å²) in [5.41, 5.74) is 3.82. The van der Waals surface area contributed by atoms with Crippen LogP contribution in [0.1, 0.15) is 24.7 Å². The van der Waals surface area contributed by atoms with Gasteiger partial charge >= 0.3 is 0 Å². The molecule has 1 N–H and O–H groups in total. The quantitative estimate of drug-likeness (QED) is 0.711. The number of aromatic nitrogens is 4. The Kier molecular flexibility index (Phi) is 5.53. The Hall–Kier alpha value is -2.87. The number of nitrogens with zero attached hydrogens (tertiary/aromatic N) is 5. The van der Waals surface area contributed by atoms with Gasteiger partial charge in [-0.25, -0.2) is 0 Å². The Morgan fingerprint density at radius 2 is 2.03 bits per heavy atom. The number of carbonyl (C=O) groups excluding carboxylic acids is 1. The van der Waals surface area contributed by atoms with E-state index in [1.807, 2.05) is 66.9 Å². The highest BCUT2D eigenvalue weighted by molar-refractivity contribution is 8.00. The number of tetrazole rings is 1. The number of thioether (sulfide) groups is 1. The average Bonchev–Trinajstić information content (AvgIpc) is 3.06. The molecule has 7 nitrogen and oxygen atoms in total. The maximum atomic E-state index is 13.0. The van der Waals surface area contributed by atoms with Gasteiger partial charge in [0.05, 0.1) is 17.9 Å². The molecule has 0 saturated heterocycles. The van der Waals surface area contributed by atoms with E-state index in [2.05, 4.69) is 33.8 Å². The SMILES string of the molecule is Cc1ccc(NCC(=O)N2CCC(C)Sc3ccccc32)cc1-n1nnnc1C. The molecule has 8 heteroatoms. The van der Waals surface area contributed by atoms with E-state index in [1.54, 1.807) is 4.68 Å². The van der Waals surface area contributed by atoms with Crippen LogP contribution in [0.3, 0.4) is 0 Å². The van der Waals surface area contributed by atoms with Crippen molar-refractivity contribution in [3.8, 4) is 5.69 Å². The van der Waals surface area contributed by atoms with Crippen LogP contribution < -0.4 is 10.2 Å². The Labute approximate surface area is 174 Å². The minimum absolute atomic E-state index is 0.0629. The summed E-state index contributed by atoms with van der Waals surface area (Å²) in [4.78, 5) is 16.1. The molecule has 1 aromatic heterocycles. The van der Waals surface area contributed by atoms with Gasteiger partial charge < -0.3 is 10.2 Å². The zero-order valence-electron chi connectivity index (χ0n) is 16.8. The second kappa shape index (κ2) is 8.24. The monoisotopic (exact) mass is 408 g/mol. The van der Waals surface area contributed by atoms with Gasteiger partial charge in [-0.15, -0.1) is 16.9 Å². The average molecular weight is 409 g/mol. The van der Waals surface area contributed by atoms with Gasteiger partial charge in [0.1, 0.15) is 0 Å². The van der Waals surface area contributed by atoms with Gasteiger partial charge in [0.2, 0.25) is 5.91 Å². The van der Waals surface area contributed by atoms with Crippen LogP contribution in [0.25, 0.3) is 5.69 Å². The zero-order valence-corrected chi connectivity index (χ0v) is 17.6. The van der Waals surface area contributed by atoms with Crippen molar-refractivity contribution in [2.75, 3.05) is 23.3 Å². The van der Waals surface area contributed by atoms with Crippen LogP contribution in [0.5, 0.6) is 0 Å². The van der Waals surface area contributed by atoms with E-state index in [4.69, 9.17) is 0 Å². The number of rotatable bonds is 4. The van der Waals surface area contributed by atoms with Crippen LogP contribution in [-0.4, -0.2) is 44.5 Å². The van der Waals surface area contributed by atoms with Gasteiger partial charge in [0, 0.05) is 22.4 Å². The summed E-state index contributed by atoms with van der Waals surface area (Å²) in [5, 5.41) is 15.5. The molecule has 1 unspecified atom stereocenters. The van der Waals surface area contributed by atoms with E-state index in [0.717, 1.165) is 40.5 Å². The number of carbonyl (C=O) groups is 1. The van der Waals surface area contributed by atoms with Crippen molar-refractivity contribution in [2.45, 2.75) is 37.3 Å². The summed E-state index contributed by atoms with van der Waals surface area (Å²) in [7, 11) is 0. The van der Waals surface area contributed by atoms with Crippen LogP contribution in [0, 0.1) is 13.8 Å². The molecular weight excluding hydrogens is 384 g/mol. The predicted octanol–water partition coefficient (Wildman–Crippen LogP) is 3.61. The molecule has 1 aliphatic heterocycles. The van der Waals surface area contributed by atoms with E-state index in [-0.39, 0.29) is 12.5 Å². The van der Waals surface area contributed by atoms with Crippen molar-refractivity contribution in [1.82, 2.24) is 20.2 Å². The topological polar surface area (TPSA) is 75.9 Å². The van der Waals surface area contributed by atoms with Crippen LogP contribution in [0.2, 0.25) is 0 Å². The van der Waals surface area contributed by atoms with E-state index in [9.17, 15) is 4.79 Å². The van der Waals surface area contributed by atoms with Crippen LogP contribution in [0.15, 0.2) is 47.4 Å². The summed E-state index contributed by atoms with van der Waals surface area (Å²) in [6, 6.07) is 14.1. The molecule has 1 atom stereocenters. The first-order chi connectivity index (χ1) is 14.0. The Morgan fingerprint density at radius 3 is 2.83 bits per heavy atom. The highest BCUT2D eigenvalue weighted by Gasteiger charge is 2.23. The first-order valence-electron chi connectivity index (χ1n) is 9.69. The molecule has 150 valence electrons. The lowest BCUT2D eigenvalue weighted by atomic mass is 10.1. The number of hydrogen-bond donors (Lipinski definition) is 1. The van der Waals surface area contributed by atoms with Crippen LogP contribution in [-0.2, 0) is 4.79 Å². The normalized spacial score (nSPS) is 16.2. The molecule has 0 aliphatic carbocycles. The number of nitrogens with one attached hydrogen (secondary N) is 1. The number of fused-ring (bicyclic) bond motifs is 1. The number of aryl methyl sites for hydroxylation is 2. The van der Waals surface area contributed by atoms with Gasteiger partial charge in [-0.3, -0.25) is 4.79 Å². The third-order valence-electron chi connectivity index (χ3n) is 5.05. The van der Waals surface area contributed by atoms with E-state index in [0.29, 0.717) is 11.1 Å². The molecule has 0 radical (unpaired) electrons. The van der Waals surface area contributed by atoms with E-state index < -0.39 is 0 Å². The molecule has 3 aromatic rings. The third kappa shape index (κ3) is 4.12. The second-order valence-corrected chi connectivity index (χ2v) is 8.70. The highest BCUT2D eigenvalue weighted by atomic mass is 32.2. The summed E-state index contributed by atoms with van der Waals surface area (Å²) >= 11 is 1.84. The fourth-order valence-corrected chi connectivity index (χ4v) is 4.53. The fraction of sp³-hybridized carbons (Fsp3) is 0.333. The molecular formula is C21H24N6OS. The maximum absolute atomic E-state index is 13.0. The predicted molar refractivity (Wildman–Crippen MR) is 116 cm³/mol. The molecule has 2 heterocycles. The molecule has 0 saturated carbocycles. The second-order valence-electron chi connectivity index (χ2n) is 7.22. The minimum Gasteiger partial charge on any atom is -0.376 e.